The lowest BCUT2D eigenvalue weighted by Gasteiger charge is -2.22. The quantitative estimate of drug-likeness (QED) is 0.895. The monoisotopic (exact) mass is 307 g/mol. The summed E-state index contributed by atoms with van der Waals surface area (Å²) in [7, 11) is 1.70. The Kier molecular flexibility index (Phi) is 4.62. The minimum Gasteiger partial charge on any atom is -0.358 e. The smallest absolute Gasteiger partial charge is 0.237 e. The van der Waals surface area contributed by atoms with Crippen molar-refractivity contribution in [2.45, 2.75) is 56.7 Å². The number of likely N-dealkylation sites (tertiary alicyclic amines) is 1. The molecular weight excluding hydrogens is 282 g/mol. The average molecular weight is 307 g/mol. The Morgan fingerprint density at radius 1 is 1.43 bits per heavy atom. The SMILES string of the molecule is CNC(=O)[C@@H]1C[C@@H](N)CN1Cc1ccc(C2CCCC2)s1. The summed E-state index contributed by atoms with van der Waals surface area (Å²) in [5, 5.41) is 2.76. The van der Waals surface area contributed by atoms with Gasteiger partial charge in [-0.1, -0.05) is 12.8 Å². The van der Waals surface area contributed by atoms with E-state index in [0.29, 0.717) is 0 Å². The first kappa shape index (κ1) is 15.0. The largest absolute Gasteiger partial charge is 0.358 e. The third-order valence-electron chi connectivity index (χ3n) is 4.78. The molecule has 1 saturated heterocycles. The summed E-state index contributed by atoms with van der Waals surface area (Å²) in [6, 6.07) is 4.58. The molecule has 3 N–H and O–H groups in total. The summed E-state index contributed by atoms with van der Waals surface area (Å²) < 4.78 is 0. The normalized spacial score (nSPS) is 27.3. The molecule has 2 atom stereocenters. The molecule has 0 unspecified atom stereocenters. The summed E-state index contributed by atoms with van der Waals surface area (Å²) in [6.07, 6.45) is 6.20. The molecule has 1 aromatic rings. The maximum atomic E-state index is 12.0. The van der Waals surface area contributed by atoms with Gasteiger partial charge in [0.25, 0.3) is 0 Å². The van der Waals surface area contributed by atoms with Gasteiger partial charge >= 0.3 is 0 Å². The molecule has 2 aliphatic rings. The predicted molar refractivity (Wildman–Crippen MR) is 86.4 cm³/mol. The van der Waals surface area contributed by atoms with E-state index >= 15 is 0 Å². The van der Waals surface area contributed by atoms with Crippen LogP contribution in [0.1, 0.15) is 47.8 Å². The van der Waals surface area contributed by atoms with Gasteiger partial charge in [-0.2, -0.15) is 0 Å². The van der Waals surface area contributed by atoms with Gasteiger partial charge in [-0.3, -0.25) is 9.69 Å². The third kappa shape index (κ3) is 3.30. The maximum Gasteiger partial charge on any atom is 0.237 e. The van der Waals surface area contributed by atoms with Crippen molar-refractivity contribution in [2.75, 3.05) is 13.6 Å². The molecule has 116 valence electrons. The van der Waals surface area contributed by atoms with E-state index in [1.165, 1.54) is 35.4 Å². The van der Waals surface area contributed by atoms with Crippen LogP contribution in [0, 0.1) is 0 Å². The Bertz CT molecular complexity index is 495. The van der Waals surface area contributed by atoms with Gasteiger partial charge in [0, 0.05) is 35.9 Å². The summed E-state index contributed by atoms with van der Waals surface area (Å²) in [6.45, 7) is 1.66. The zero-order valence-corrected chi connectivity index (χ0v) is 13.5. The number of thiophene rings is 1. The molecule has 2 fully saturated rings. The first-order chi connectivity index (χ1) is 10.2. The van der Waals surface area contributed by atoms with E-state index in [-0.39, 0.29) is 18.0 Å². The minimum atomic E-state index is -0.0676. The number of carbonyl (C=O) groups excluding carboxylic acids is 1. The summed E-state index contributed by atoms with van der Waals surface area (Å²) in [5.74, 6) is 0.870. The van der Waals surface area contributed by atoms with E-state index in [2.05, 4.69) is 22.3 Å². The van der Waals surface area contributed by atoms with Crippen LogP contribution in [0.4, 0.5) is 0 Å². The Labute approximate surface area is 130 Å². The van der Waals surface area contributed by atoms with Crippen LogP contribution in [0.3, 0.4) is 0 Å². The Balaban J connectivity index is 1.66. The third-order valence-corrected chi connectivity index (χ3v) is 6.02. The lowest BCUT2D eigenvalue weighted by atomic mass is 10.1. The highest BCUT2D eigenvalue weighted by atomic mass is 32.1. The fourth-order valence-electron chi connectivity index (χ4n) is 3.66. The minimum absolute atomic E-state index is 0.0676. The second-order valence-electron chi connectivity index (χ2n) is 6.34. The molecule has 0 spiro atoms. The van der Waals surface area contributed by atoms with Crippen LogP contribution in [-0.4, -0.2) is 36.5 Å². The van der Waals surface area contributed by atoms with Gasteiger partial charge in [0.2, 0.25) is 5.91 Å². The molecule has 3 rings (SSSR count). The van der Waals surface area contributed by atoms with Gasteiger partial charge in [-0.05, 0) is 37.3 Å². The van der Waals surface area contributed by atoms with Crippen molar-refractivity contribution in [3.63, 3.8) is 0 Å². The number of hydrogen-bond acceptors (Lipinski definition) is 4. The fraction of sp³-hybridized carbons (Fsp3) is 0.688. The lowest BCUT2D eigenvalue weighted by Crippen LogP contribution is -2.41. The molecule has 0 radical (unpaired) electrons. The van der Waals surface area contributed by atoms with Crippen molar-refractivity contribution in [1.82, 2.24) is 10.2 Å². The van der Waals surface area contributed by atoms with Crippen LogP contribution in [0.2, 0.25) is 0 Å². The van der Waals surface area contributed by atoms with Crippen LogP contribution in [0.15, 0.2) is 12.1 Å². The molecule has 1 amide bonds. The van der Waals surface area contributed by atoms with Crippen molar-refractivity contribution in [3.8, 4) is 0 Å². The highest BCUT2D eigenvalue weighted by molar-refractivity contribution is 7.12. The van der Waals surface area contributed by atoms with E-state index in [9.17, 15) is 4.79 Å². The number of nitrogens with zero attached hydrogens (tertiary/aromatic N) is 1. The van der Waals surface area contributed by atoms with Crippen molar-refractivity contribution in [2.24, 2.45) is 5.73 Å². The standard InChI is InChI=1S/C16H25N3OS/c1-18-16(20)14-8-12(17)9-19(14)10-13-6-7-15(21-13)11-4-2-3-5-11/h6-7,11-12,14H,2-5,8-10,17H2,1H3,(H,18,20)/t12-,14+/m1/s1. The molecular formula is C16H25N3OS. The average Bonchev–Trinajstić information content (AvgIpc) is 3.18. The lowest BCUT2D eigenvalue weighted by molar-refractivity contribution is -0.125. The molecule has 1 saturated carbocycles. The number of rotatable bonds is 4. The molecule has 0 aromatic carbocycles. The van der Waals surface area contributed by atoms with Crippen molar-refractivity contribution in [1.29, 1.82) is 0 Å². The number of carbonyl (C=O) groups is 1. The predicted octanol–water partition coefficient (Wildman–Crippen LogP) is 2.05. The highest BCUT2D eigenvalue weighted by Crippen LogP contribution is 2.38. The maximum absolute atomic E-state index is 12.0. The summed E-state index contributed by atoms with van der Waals surface area (Å²) in [4.78, 5) is 17.1. The molecule has 1 aromatic heterocycles. The van der Waals surface area contributed by atoms with Gasteiger partial charge in [-0.25, -0.2) is 0 Å². The Morgan fingerprint density at radius 2 is 2.19 bits per heavy atom. The molecule has 4 nitrogen and oxygen atoms in total. The number of likely N-dealkylation sites (N-methyl/N-ethyl adjacent to an activating group) is 1. The zero-order chi connectivity index (χ0) is 14.8. The van der Waals surface area contributed by atoms with E-state index in [0.717, 1.165) is 25.4 Å². The highest BCUT2D eigenvalue weighted by Gasteiger charge is 2.34. The zero-order valence-electron chi connectivity index (χ0n) is 12.7. The second kappa shape index (κ2) is 6.46. The number of nitrogens with two attached hydrogens (primary N) is 1. The van der Waals surface area contributed by atoms with E-state index < -0.39 is 0 Å². The van der Waals surface area contributed by atoms with Gasteiger partial charge in [0.05, 0.1) is 6.04 Å². The van der Waals surface area contributed by atoms with E-state index in [1.807, 2.05) is 11.3 Å². The number of hydrogen-bond donors (Lipinski definition) is 2. The first-order valence-corrected chi connectivity index (χ1v) is 8.79. The van der Waals surface area contributed by atoms with Crippen LogP contribution >= 0.6 is 11.3 Å². The van der Waals surface area contributed by atoms with Crippen molar-refractivity contribution >= 4 is 17.2 Å². The molecule has 5 heteroatoms. The number of nitrogens with one attached hydrogen (secondary N) is 1. The molecule has 1 aliphatic heterocycles. The van der Waals surface area contributed by atoms with Gasteiger partial charge in [0.15, 0.2) is 0 Å². The van der Waals surface area contributed by atoms with Crippen molar-refractivity contribution in [3.05, 3.63) is 21.9 Å². The summed E-state index contributed by atoms with van der Waals surface area (Å²) in [5.41, 5.74) is 6.05. The first-order valence-electron chi connectivity index (χ1n) is 7.97. The topological polar surface area (TPSA) is 58.4 Å². The van der Waals surface area contributed by atoms with Crippen molar-refractivity contribution < 1.29 is 4.79 Å². The van der Waals surface area contributed by atoms with Crippen LogP contribution < -0.4 is 11.1 Å². The van der Waals surface area contributed by atoms with Crippen LogP contribution in [0.5, 0.6) is 0 Å². The van der Waals surface area contributed by atoms with Gasteiger partial charge < -0.3 is 11.1 Å². The molecule has 2 heterocycles. The second-order valence-corrected chi connectivity index (χ2v) is 7.54. The van der Waals surface area contributed by atoms with Gasteiger partial charge in [-0.15, -0.1) is 11.3 Å². The van der Waals surface area contributed by atoms with E-state index in [1.54, 1.807) is 7.05 Å². The molecule has 21 heavy (non-hydrogen) atoms. The summed E-state index contributed by atoms with van der Waals surface area (Å²) >= 11 is 1.93. The van der Waals surface area contributed by atoms with Crippen LogP contribution in [0.25, 0.3) is 0 Å². The number of amides is 1. The Hall–Kier alpha value is -0.910. The fourth-order valence-corrected chi connectivity index (χ4v) is 4.87. The van der Waals surface area contributed by atoms with Gasteiger partial charge in [0.1, 0.15) is 0 Å². The molecule has 0 bridgehead atoms. The van der Waals surface area contributed by atoms with E-state index in [4.69, 9.17) is 5.73 Å². The molecule has 1 aliphatic carbocycles. The van der Waals surface area contributed by atoms with Crippen LogP contribution in [-0.2, 0) is 11.3 Å². The Morgan fingerprint density at radius 3 is 2.90 bits per heavy atom.